The maximum Gasteiger partial charge on any atom is 0.305 e. The molecule has 0 bridgehead atoms. The molecule has 5 nitrogen and oxygen atoms in total. The van der Waals surface area contributed by atoms with E-state index in [2.05, 4.69) is 4.74 Å². The number of methoxy groups -OCH3 is 1. The van der Waals surface area contributed by atoms with Gasteiger partial charge in [-0.25, -0.2) is 0 Å². The van der Waals surface area contributed by atoms with Crippen LogP contribution in [0, 0.1) is 0 Å². The van der Waals surface area contributed by atoms with Crippen LogP contribution in [0.15, 0.2) is 12.1 Å². The maximum absolute atomic E-state index is 11.2. The zero-order chi connectivity index (χ0) is 13.0. The molecule has 0 aromatic heterocycles. The number of phenols is 2. The van der Waals surface area contributed by atoms with Crippen LogP contribution in [0.25, 0.3) is 0 Å². The van der Waals surface area contributed by atoms with Crippen LogP contribution in [0.3, 0.4) is 0 Å². The molecule has 0 unspecified atom stereocenters. The van der Waals surface area contributed by atoms with Crippen LogP contribution in [0.5, 0.6) is 11.5 Å². The summed E-state index contributed by atoms with van der Waals surface area (Å²) in [7, 11) is 1.28. The van der Waals surface area contributed by atoms with E-state index in [0.717, 1.165) is 6.07 Å². The van der Waals surface area contributed by atoms with Gasteiger partial charge in [-0.3, -0.25) is 9.59 Å². The van der Waals surface area contributed by atoms with Crippen molar-refractivity contribution in [2.24, 2.45) is 0 Å². The number of phenolic OH excluding ortho intramolecular Hbond substituents is 2. The second kappa shape index (κ2) is 5.34. The van der Waals surface area contributed by atoms with Gasteiger partial charge in [-0.2, -0.15) is 0 Å². The Morgan fingerprint density at radius 3 is 2.41 bits per heavy atom. The standard InChI is InChI=1S/C12H14O5/c1-7(13)9-5-8(3-4-12(16)17-2)10(14)6-11(9)15/h5-6,14-15H,3-4H2,1-2H3. The zero-order valence-electron chi connectivity index (χ0n) is 9.69. The lowest BCUT2D eigenvalue weighted by molar-refractivity contribution is -0.140. The van der Waals surface area contributed by atoms with E-state index in [9.17, 15) is 19.8 Å². The van der Waals surface area contributed by atoms with Gasteiger partial charge < -0.3 is 14.9 Å². The number of carbonyl (C=O) groups excluding carboxylic acids is 2. The van der Waals surface area contributed by atoms with Gasteiger partial charge in [-0.1, -0.05) is 0 Å². The van der Waals surface area contributed by atoms with Crippen molar-refractivity contribution in [1.29, 1.82) is 0 Å². The number of rotatable bonds is 4. The Morgan fingerprint density at radius 1 is 1.24 bits per heavy atom. The monoisotopic (exact) mass is 238 g/mol. The first kappa shape index (κ1) is 13.0. The first-order valence-electron chi connectivity index (χ1n) is 5.08. The van der Waals surface area contributed by atoms with E-state index >= 15 is 0 Å². The van der Waals surface area contributed by atoms with Crippen LogP contribution in [-0.4, -0.2) is 29.1 Å². The number of hydrogen-bond acceptors (Lipinski definition) is 5. The average Bonchev–Trinajstić information content (AvgIpc) is 2.26. The highest BCUT2D eigenvalue weighted by molar-refractivity contribution is 5.97. The van der Waals surface area contributed by atoms with Crippen LogP contribution in [0.1, 0.15) is 29.3 Å². The molecule has 0 fully saturated rings. The molecule has 0 amide bonds. The quantitative estimate of drug-likeness (QED) is 0.612. The first-order valence-corrected chi connectivity index (χ1v) is 5.08. The number of aromatic hydroxyl groups is 2. The summed E-state index contributed by atoms with van der Waals surface area (Å²) in [5, 5.41) is 19.0. The number of Topliss-reactive ketones (excluding diaryl/α,β-unsaturated/α-hetero) is 1. The molecule has 92 valence electrons. The Kier molecular flexibility index (Phi) is 4.09. The van der Waals surface area contributed by atoms with Gasteiger partial charge in [-0.15, -0.1) is 0 Å². The normalized spacial score (nSPS) is 10.0. The molecule has 0 aliphatic carbocycles. The zero-order valence-corrected chi connectivity index (χ0v) is 9.69. The molecule has 0 heterocycles. The fraction of sp³-hybridized carbons (Fsp3) is 0.333. The number of ketones is 1. The predicted molar refractivity (Wildman–Crippen MR) is 60.1 cm³/mol. The molecule has 0 aliphatic heterocycles. The van der Waals surface area contributed by atoms with Crippen LogP contribution in [0.2, 0.25) is 0 Å². The Morgan fingerprint density at radius 2 is 1.88 bits per heavy atom. The molecule has 0 aliphatic rings. The summed E-state index contributed by atoms with van der Waals surface area (Å²) in [6, 6.07) is 2.49. The first-order chi connectivity index (χ1) is 7.95. The smallest absolute Gasteiger partial charge is 0.305 e. The molecule has 1 rings (SSSR count). The van der Waals surface area contributed by atoms with Gasteiger partial charge in [0.05, 0.1) is 12.7 Å². The minimum Gasteiger partial charge on any atom is -0.508 e. The summed E-state index contributed by atoms with van der Waals surface area (Å²) in [6.07, 6.45) is 0.352. The largest absolute Gasteiger partial charge is 0.508 e. The third-order valence-electron chi connectivity index (χ3n) is 2.40. The van der Waals surface area contributed by atoms with E-state index in [1.807, 2.05) is 0 Å². The van der Waals surface area contributed by atoms with Crippen molar-refractivity contribution < 1.29 is 24.5 Å². The third kappa shape index (κ3) is 3.21. The topological polar surface area (TPSA) is 83.8 Å². The van der Waals surface area contributed by atoms with Crippen molar-refractivity contribution in [3.63, 3.8) is 0 Å². The highest BCUT2D eigenvalue weighted by atomic mass is 16.5. The average molecular weight is 238 g/mol. The number of ether oxygens (including phenoxy) is 1. The highest BCUT2D eigenvalue weighted by Gasteiger charge is 2.13. The molecule has 1 aromatic rings. The summed E-state index contributed by atoms with van der Waals surface area (Å²) < 4.78 is 4.48. The molecular formula is C12H14O5. The molecule has 0 radical (unpaired) electrons. The van der Waals surface area contributed by atoms with Crippen molar-refractivity contribution in [2.45, 2.75) is 19.8 Å². The van der Waals surface area contributed by atoms with Crippen LogP contribution >= 0.6 is 0 Å². The van der Waals surface area contributed by atoms with Crippen molar-refractivity contribution in [3.05, 3.63) is 23.3 Å². The minimum absolute atomic E-state index is 0.103. The van der Waals surface area contributed by atoms with Crippen molar-refractivity contribution in [2.75, 3.05) is 7.11 Å². The second-order valence-electron chi connectivity index (χ2n) is 3.63. The molecular weight excluding hydrogens is 224 g/mol. The molecule has 2 N–H and O–H groups in total. The van der Waals surface area contributed by atoms with E-state index in [0.29, 0.717) is 5.56 Å². The molecule has 1 aromatic carbocycles. The number of benzene rings is 1. The molecule has 0 saturated heterocycles. The number of aryl methyl sites for hydroxylation is 1. The van der Waals surface area contributed by atoms with Crippen LogP contribution in [0.4, 0.5) is 0 Å². The van der Waals surface area contributed by atoms with Gasteiger partial charge in [0.1, 0.15) is 11.5 Å². The Balaban J connectivity index is 2.96. The number of esters is 1. The Hall–Kier alpha value is -2.04. The van der Waals surface area contributed by atoms with Gasteiger partial charge in [0.25, 0.3) is 0 Å². The summed E-state index contributed by atoms with van der Waals surface area (Å²) >= 11 is 0. The number of hydrogen-bond donors (Lipinski definition) is 2. The Labute approximate surface area is 98.6 Å². The van der Waals surface area contributed by atoms with E-state index in [1.54, 1.807) is 0 Å². The third-order valence-corrected chi connectivity index (χ3v) is 2.40. The molecule has 0 spiro atoms. The molecule has 5 heteroatoms. The van der Waals surface area contributed by atoms with Gasteiger partial charge >= 0.3 is 5.97 Å². The number of carbonyl (C=O) groups is 2. The summed E-state index contributed by atoms with van der Waals surface area (Å²) in [4.78, 5) is 22.2. The van der Waals surface area contributed by atoms with E-state index < -0.39 is 5.97 Å². The lowest BCUT2D eigenvalue weighted by atomic mass is 10.0. The van der Waals surface area contributed by atoms with E-state index in [4.69, 9.17) is 0 Å². The highest BCUT2D eigenvalue weighted by Crippen LogP contribution is 2.28. The molecule has 17 heavy (non-hydrogen) atoms. The van der Waals surface area contributed by atoms with Crippen molar-refractivity contribution in [1.82, 2.24) is 0 Å². The SMILES string of the molecule is COC(=O)CCc1cc(C(C)=O)c(O)cc1O. The molecule has 0 saturated carbocycles. The lowest BCUT2D eigenvalue weighted by Gasteiger charge is -2.07. The summed E-state index contributed by atoms with van der Waals surface area (Å²) in [5.41, 5.74) is 0.557. The van der Waals surface area contributed by atoms with E-state index in [1.165, 1.54) is 20.1 Å². The van der Waals surface area contributed by atoms with Gasteiger partial charge in [0.15, 0.2) is 5.78 Å². The van der Waals surface area contributed by atoms with Crippen LogP contribution in [-0.2, 0) is 16.0 Å². The fourth-order valence-corrected chi connectivity index (χ4v) is 1.44. The van der Waals surface area contributed by atoms with Gasteiger partial charge in [-0.05, 0) is 25.0 Å². The van der Waals surface area contributed by atoms with Crippen LogP contribution < -0.4 is 0 Å². The Bertz CT molecular complexity index is 450. The molecule has 0 atom stereocenters. The van der Waals surface area contributed by atoms with Crippen molar-refractivity contribution >= 4 is 11.8 Å². The summed E-state index contributed by atoms with van der Waals surface area (Å²) in [5.74, 6) is -1.11. The predicted octanol–water partition coefficient (Wildman–Crippen LogP) is 1.41. The van der Waals surface area contributed by atoms with Crippen molar-refractivity contribution in [3.8, 4) is 11.5 Å². The second-order valence-corrected chi connectivity index (χ2v) is 3.63. The minimum atomic E-state index is -0.401. The van der Waals surface area contributed by atoms with Gasteiger partial charge in [0.2, 0.25) is 0 Å². The maximum atomic E-state index is 11.2. The van der Waals surface area contributed by atoms with E-state index in [-0.39, 0.29) is 35.7 Å². The lowest BCUT2D eigenvalue weighted by Crippen LogP contribution is -2.03. The summed E-state index contributed by atoms with van der Waals surface area (Å²) in [6.45, 7) is 1.32. The van der Waals surface area contributed by atoms with Gasteiger partial charge in [0, 0.05) is 12.5 Å². The fourth-order valence-electron chi connectivity index (χ4n) is 1.44.